The average Bonchev–Trinajstić information content (AvgIpc) is 2.62. The quantitative estimate of drug-likeness (QED) is 0.714. The molecule has 1 saturated heterocycles. The highest BCUT2D eigenvalue weighted by atomic mass is 16.7. The maximum atomic E-state index is 11.9. The maximum Gasteiger partial charge on any atom is 0.342 e. The Morgan fingerprint density at radius 3 is 3.06 bits per heavy atom. The first kappa shape index (κ1) is 11.5. The molecule has 0 aromatic carbocycles. The monoisotopic (exact) mass is 248 g/mol. The fourth-order valence-electron chi connectivity index (χ4n) is 2.87. The summed E-state index contributed by atoms with van der Waals surface area (Å²) < 4.78 is 16.8. The Labute approximate surface area is 105 Å². The number of fused-ring (bicyclic) bond motifs is 2. The van der Waals surface area contributed by atoms with E-state index in [4.69, 9.17) is 13.9 Å². The summed E-state index contributed by atoms with van der Waals surface area (Å²) in [6.07, 6.45) is 2.49. The van der Waals surface area contributed by atoms with Gasteiger partial charge in [0.25, 0.3) is 0 Å². The summed E-state index contributed by atoms with van der Waals surface area (Å²) in [4.78, 5) is 11.9. The molecule has 0 N–H and O–H groups in total. The van der Waals surface area contributed by atoms with Crippen LogP contribution in [0.3, 0.4) is 0 Å². The van der Waals surface area contributed by atoms with Gasteiger partial charge in [-0.05, 0) is 13.3 Å². The lowest BCUT2D eigenvalue weighted by Crippen LogP contribution is -2.45. The Balaban J connectivity index is 2.09. The maximum absolute atomic E-state index is 11.9. The summed E-state index contributed by atoms with van der Waals surface area (Å²) in [7, 11) is 0. The molecule has 0 amide bonds. The van der Waals surface area contributed by atoms with Crippen molar-refractivity contribution in [3.63, 3.8) is 0 Å². The van der Waals surface area contributed by atoms with Crippen molar-refractivity contribution in [1.29, 1.82) is 0 Å². The SMILES string of the molecule is C=C[C@H]1CO[C@]2(C)Oc3cc(C)oc(=O)c3C[C@H]12. The van der Waals surface area contributed by atoms with Gasteiger partial charge in [-0.1, -0.05) is 6.08 Å². The summed E-state index contributed by atoms with van der Waals surface area (Å²) in [5.74, 6) is 0.815. The van der Waals surface area contributed by atoms with Crippen molar-refractivity contribution in [1.82, 2.24) is 0 Å². The second-order valence-corrected chi connectivity index (χ2v) is 5.13. The molecule has 3 heterocycles. The third-order valence-corrected chi connectivity index (χ3v) is 3.92. The van der Waals surface area contributed by atoms with E-state index in [9.17, 15) is 4.79 Å². The van der Waals surface area contributed by atoms with Gasteiger partial charge >= 0.3 is 5.63 Å². The van der Waals surface area contributed by atoms with E-state index < -0.39 is 5.79 Å². The molecule has 1 aromatic heterocycles. The average molecular weight is 248 g/mol. The van der Waals surface area contributed by atoms with Gasteiger partial charge in [0.15, 0.2) is 0 Å². The van der Waals surface area contributed by atoms with Crippen LogP contribution in [0, 0.1) is 18.8 Å². The summed E-state index contributed by atoms with van der Waals surface area (Å²) in [5, 5.41) is 0. The minimum atomic E-state index is -0.661. The van der Waals surface area contributed by atoms with Crippen LogP contribution in [-0.4, -0.2) is 12.4 Å². The van der Waals surface area contributed by atoms with Crippen LogP contribution in [0.25, 0.3) is 0 Å². The predicted octanol–water partition coefficient (Wildman–Crippen LogP) is 2.05. The van der Waals surface area contributed by atoms with E-state index in [-0.39, 0.29) is 17.5 Å². The molecule has 3 rings (SSSR count). The van der Waals surface area contributed by atoms with Gasteiger partial charge in [-0.2, -0.15) is 0 Å². The normalized spacial score (nSPS) is 33.4. The molecule has 1 aromatic rings. The summed E-state index contributed by atoms with van der Waals surface area (Å²) in [5.41, 5.74) is 0.308. The predicted molar refractivity (Wildman–Crippen MR) is 65.6 cm³/mol. The lowest BCUT2D eigenvalue weighted by molar-refractivity contribution is -0.166. The van der Waals surface area contributed by atoms with Crippen LogP contribution < -0.4 is 10.4 Å². The van der Waals surface area contributed by atoms with Gasteiger partial charge in [-0.15, -0.1) is 6.58 Å². The number of ether oxygens (including phenoxy) is 2. The summed E-state index contributed by atoms with van der Waals surface area (Å²) >= 11 is 0. The van der Waals surface area contributed by atoms with E-state index in [1.54, 1.807) is 13.0 Å². The molecule has 4 nitrogen and oxygen atoms in total. The van der Waals surface area contributed by atoms with Crippen molar-refractivity contribution < 1.29 is 13.9 Å². The molecule has 0 saturated carbocycles. The largest absolute Gasteiger partial charge is 0.462 e. The van der Waals surface area contributed by atoms with Crippen molar-refractivity contribution in [3.8, 4) is 5.75 Å². The number of aryl methyl sites for hydroxylation is 1. The number of hydrogen-bond acceptors (Lipinski definition) is 4. The van der Waals surface area contributed by atoms with Crippen molar-refractivity contribution in [3.05, 3.63) is 40.5 Å². The van der Waals surface area contributed by atoms with E-state index in [1.165, 1.54) is 0 Å². The lowest BCUT2D eigenvalue weighted by Gasteiger charge is -2.36. The van der Waals surface area contributed by atoms with Crippen LogP contribution in [0.15, 0.2) is 27.9 Å². The van der Waals surface area contributed by atoms with Crippen molar-refractivity contribution in [2.75, 3.05) is 6.61 Å². The van der Waals surface area contributed by atoms with Crippen LogP contribution in [-0.2, 0) is 11.2 Å². The van der Waals surface area contributed by atoms with E-state index in [2.05, 4.69) is 6.58 Å². The van der Waals surface area contributed by atoms with Crippen molar-refractivity contribution in [2.45, 2.75) is 26.1 Å². The standard InChI is InChI=1S/C14H16O4/c1-4-9-7-16-14(3)11(9)6-10-12(18-14)5-8(2)17-13(10)15/h4-5,9,11H,1,6-7H2,2-3H3/t9-,11+,14+/m0/s1. The molecule has 0 bridgehead atoms. The Kier molecular flexibility index (Phi) is 2.38. The molecule has 2 aliphatic heterocycles. The van der Waals surface area contributed by atoms with E-state index >= 15 is 0 Å². The first-order chi connectivity index (χ1) is 8.53. The summed E-state index contributed by atoms with van der Waals surface area (Å²) in [6, 6.07) is 1.75. The minimum Gasteiger partial charge on any atom is -0.462 e. The fraction of sp³-hybridized carbons (Fsp3) is 0.500. The molecule has 4 heteroatoms. The Hall–Kier alpha value is -1.55. The second-order valence-electron chi connectivity index (χ2n) is 5.13. The molecule has 18 heavy (non-hydrogen) atoms. The van der Waals surface area contributed by atoms with Gasteiger partial charge in [-0.3, -0.25) is 0 Å². The molecule has 0 spiro atoms. The van der Waals surface area contributed by atoms with Crippen molar-refractivity contribution >= 4 is 0 Å². The molecule has 0 unspecified atom stereocenters. The molecule has 2 aliphatic rings. The van der Waals surface area contributed by atoms with E-state index in [0.717, 1.165) is 0 Å². The van der Waals surface area contributed by atoms with Gasteiger partial charge < -0.3 is 13.9 Å². The highest BCUT2D eigenvalue weighted by molar-refractivity contribution is 5.35. The minimum absolute atomic E-state index is 0.119. The molecular formula is C14H16O4. The smallest absolute Gasteiger partial charge is 0.342 e. The van der Waals surface area contributed by atoms with E-state index in [0.29, 0.717) is 30.1 Å². The van der Waals surface area contributed by atoms with Gasteiger partial charge in [0.05, 0.1) is 12.2 Å². The highest BCUT2D eigenvalue weighted by Gasteiger charge is 2.51. The Morgan fingerprint density at radius 2 is 2.33 bits per heavy atom. The molecule has 1 fully saturated rings. The first-order valence-electron chi connectivity index (χ1n) is 6.12. The molecule has 0 radical (unpaired) electrons. The van der Waals surface area contributed by atoms with Gasteiger partial charge in [-0.25, -0.2) is 4.79 Å². The van der Waals surface area contributed by atoms with Crippen LogP contribution >= 0.6 is 0 Å². The van der Waals surface area contributed by atoms with Gasteiger partial charge in [0, 0.05) is 24.8 Å². The summed E-state index contributed by atoms with van der Waals surface area (Å²) in [6.45, 7) is 8.07. The zero-order chi connectivity index (χ0) is 12.9. The van der Waals surface area contributed by atoms with Crippen LogP contribution in [0.5, 0.6) is 5.75 Å². The Morgan fingerprint density at radius 1 is 1.56 bits per heavy atom. The van der Waals surface area contributed by atoms with Crippen LogP contribution in [0.4, 0.5) is 0 Å². The lowest BCUT2D eigenvalue weighted by atomic mass is 9.82. The number of hydrogen-bond donors (Lipinski definition) is 0. The number of rotatable bonds is 1. The molecule has 96 valence electrons. The molecule has 3 atom stereocenters. The zero-order valence-electron chi connectivity index (χ0n) is 10.6. The first-order valence-corrected chi connectivity index (χ1v) is 6.12. The van der Waals surface area contributed by atoms with Crippen LogP contribution in [0.1, 0.15) is 18.2 Å². The van der Waals surface area contributed by atoms with Gasteiger partial charge in [0.2, 0.25) is 5.79 Å². The molecule has 0 aliphatic carbocycles. The van der Waals surface area contributed by atoms with E-state index in [1.807, 2.05) is 13.0 Å². The highest BCUT2D eigenvalue weighted by Crippen LogP contribution is 2.45. The third-order valence-electron chi connectivity index (χ3n) is 3.92. The third kappa shape index (κ3) is 1.52. The fourth-order valence-corrected chi connectivity index (χ4v) is 2.87. The zero-order valence-corrected chi connectivity index (χ0v) is 10.6. The molecular weight excluding hydrogens is 232 g/mol. The topological polar surface area (TPSA) is 48.7 Å². The van der Waals surface area contributed by atoms with Crippen LogP contribution in [0.2, 0.25) is 0 Å². The van der Waals surface area contributed by atoms with Crippen molar-refractivity contribution in [2.24, 2.45) is 11.8 Å². The Bertz CT molecular complexity index is 559. The van der Waals surface area contributed by atoms with Gasteiger partial charge in [0.1, 0.15) is 11.5 Å². The second kappa shape index (κ2) is 3.72.